The van der Waals surface area contributed by atoms with Crippen LogP contribution in [0.1, 0.15) is 34.6 Å². The summed E-state index contributed by atoms with van der Waals surface area (Å²) in [6.07, 6.45) is -26.1. The van der Waals surface area contributed by atoms with E-state index in [-0.39, 0.29) is 22.8 Å². The normalized spacial score (nSPS) is 40.9. The summed E-state index contributed by atoms with van der Waals surface area (Å²) in [6, 6.07) is 8.17. The maximum Gasteiger partial charge on any atom is 0.168 e. The molecule has 3 nitrogen and oxygen atoms in total. The van der Waals surface area contributed by atoms with Crippen molar-refractivity contribution in [3.63, 3.8) is 0 Å². The van der Waals surface area contributed by atoms with Gasteiger partial charge in [-0.05, 0) is 36.4 Å². The largest absolute Gasteiger partial charge is 0.364 e. The lowest BCUT2D eigenvalue weighted by molar-refractivity contribution is -0.0935. The molecular formula is C26H25F10N3. The molecule has 2 saturated carbocycles. The highest BCUT2D eigenvalue weighted by molar-refractivity contribution is 5.34. The van der Waals surface area contributed by atoms with Crippen molar-refractivity contribution < 1.29 is 43.9 Å². The number of alkyl halides is 10. The molecule has 0 saturated heterocycles. The minimum atomic E-state index is -3.01. The van der Waals surface area contributed by atoms with Gasteiger partial charge in [-0.1, -0.05) is 0 Å². The van der Waals surface area contributed by atoms with Crippen LogP contribution in [0, 0.1) is 11.8 Å². The van der Waals surface area contributed by atoms with E-state index >= 15 is 17.6 Å². The second-order valence-electron chi connectivity index (χ2n) is 10.2. The molecule has 10 atom stereocenters. The molecule has 2 aliphatic carbocycles. The van der Waals surface area contributed by atoms with E-state index in [1.165, 1.54) is 48.8 Å². The second-order valence-corrected chi connectivity index (χ2v) is 10.2. The highest BCUT2D eigenvalue weighted by atomic mass is 19.2. The molecule has 214 valence electrons. The van der Waals surface area contributed by atoms with Crippen LogP contribution in [-0.4, -0.2) is 76.7 Å². The minimum Gasteiger partial charge on any atom is -0.364 e. The number of hydrogen-bond donors (Lipinski definition) is 3. The van der Waals surface area contributed by atoms with Crippen molar-refractivity contribution >= 4 is 0 Å². The molecule has 5 rings (SSSR count). The third-order valence-corrected chi connectivity index (χ3v) is 7.99. The van der Waals surface area contributed by atoms with Gasteiger partial charge >= 0.3 is 0 Å². The van der Waals surface area contributed by atoms with E-state index in [2.05, 4.69) is 15.0 Å². The van der Waals surface area contributed by atoms with Gasteiger partial charge in [0.1, 0.15) is 24.7 Å². The molecule has 13 heteroatoms. The van der Waals surface area contributed by atoms with Crippen LogP contribution in [0.5, 0.6) is 0 Å². The number of rotatable bonds is 6. The molecule has 2 fully saturated rings. The molecule has 0 aliphatic heterocycles. The Labute approximate surface area is 216 Å². The van der Waals surface area contributed by atoms with Crippen molar-refractivity contribution in [2.75, 3.05) is 0 Å². The number of halogens is 10. The van der Waals surface area contributed by atoms with E-state index in [1.807, 2.05) is 0 Å². The molecule has 0 spiro atoms. The molecule has 3 aromatic rings. The van der Waals surface area contributed by atoms with Gasteiger partial charge in [0.15, 0.2) is 37.0 Å². The summed E-state index contributed by atoms with van der Waals surface area (Å²) in [6.45, 7) is 0. The lowest BCUT2D eigenvalue weighted by Crippen LogP contribution is -2.55. The maximum absolute atomic E-state index is 15.1. The molecule has 10 unspecified atom stereocenters. The van der Waals surface area contributed by atoms with Gasteiger partial charge in [-0.15, -0.1) is 0 Å². The van der Waals surface area contributed by atoms with Crippen LogP contribution in [0.15, 0.2) is 48.8 Å². The van der Waals surface area contributed by atoms with Crippen LogP contribution >= 0.6 is 0 Å². The highest BCUT2D eigenvalue weighted by Crippen LogP contribution is 2.48. The standard InChI is InChI=1S/C26H25F10N3/c27-17-15(18(28)22(32)25(35)21(17)31)13(9-3-1-7-37-9)11-5-6-12(39-11)14(10-4-2-8-38-10)16-19(29)23(33)26(36)24(34)20(16)30/h1-8,13-26,37-39H. The third kappa shape index (κ3) is 4.55. The molecule has 0 bridgehead atoms. The first-order valence-corrected chi connectivity index (χ1v) is 12.4. The van der Waals surface area contributed by atoms with Crippen molar-refractivity contribution in [1.82, 2.24) is 15.0 Å². The van der Waals surface area contributed by atoms with Crippen molar-refractivity contribution in [3.8, 4) is 0 Å². The summed E-state index contributed by atoms with van der Waals surface area (Å²) in [5, 5.41) is 0. The first kappa shape index (κ1) is 27.7. The van der Waals surface area contributed by atoms with Crippen molar-refractivity contribution in [3.05, 3.63) is 71.6 Å². The molecule has 0 radical (unpaired) electrons. The van der Waals surface area contributed by atoms with Crippen molar-refractivity contribution in [2.45, 2.75) is 73.6 Å². The summed E-state index contributed by atoms with van der Waals surface area (Å²) in [5.74, 6) is -6.99. The molecule has 2 aliphatic rings. The second kappa shape index (κ2) is 10.6. The van der Waals surface area contributed by atoms with Gasteiger partial charge in [0.05, 0.1) is 0 Å². The minimum absolute atomic E-state index is 0.0606. The molecule has 3 N–H and O–H groups in total. The molecule has 3 heterocycles. The third-order valence-electron chi connectivity index (χ3n) is 7.99. The summed E-state index contributed by atoms with van der Waals surface area (Å²) < 4.78 is 145. The summed E-state index contributed by atoms with van der Waals surface area (Å²) in [5.41, 5.74) is 0.0810. The maximum atomic E-state index is 15.1. The Hall–Kier alpha value is -2.86. The Balaban J connectivity index is 1.58. The zero-order valence-electron chi connectivity index (χ0n) is 20.0. The molecule has 0 amide bonds. The lowest BCUT2D eigenvalue weighted by Gasteiger charge is -2.40. The predicted octanol–water partition coefficient (Wildman–Crippen LogP) is 6.58. The van der Waals surface area contributed by atoms with Gasteiger partial charge in [-0.25, -0.2) is 43.9 Å². The Bertz CT molecular complexity index is 1080. The zero-order chi connectivity index (χ0) is 28.2. The van der Waals surface area contributed by atoms with Gasteiger partial charge in [0.2, 0.25) is 0 Å². The Morgan fingerprint density at radius 1 is 0.410 bits per heavy atom. The quantitative estimate of drug-likeness (QED) is 0.281. The molecule has 0 aromatic carbocycles. The summed E-state index contributed by atoms with van der Waals surface area (Å²) in [4.78, 5) is 8.20. The SMILES string of the molecule is FC1C(F)C(F)C(C(c2ccc[nH]2)c2ccc(C(c3ccc[nH]3)C3C(F)C(F)C(F)C(F)C3F)[nH]2)C(F)C1F. The van der Waals surface area contributed by atoms with Crippen molar-refractivity contribution in [1.29, 1.82) is 0 Å². The number of aromatic amines is 3. The predicted molar refractivity (Wildman–Crippen MR) is 122 cm³/mol. The fourth-order valence-electron chi connectivity index (χ4n) is 6.02. The average molecular weight is 569 g/mol. The average Bonchev–Trinajstić information content (AvgIpc) is 3.72. The van der Waals surface area contributed by atoms with Gasteiger partial charge in [-0.3, -0.25) is 0 Å². The monoisotopic (exact) mass is 569 g/mol. The first-order valence-electron chi connectivity index (χ1n) is 12.4. The number of nitrogens with one attached hydrogen (secondary N) is 3. The number of aromatic nitrogens is 3. The van der Waals surface area contributed by atoms with Gasteiger partial charge in [0, 0.05) is 58.8 Å². The Morgan fingerprint density at radius 2 is 0.718 bits per heavy atom. The van der Waals surface area contributed by atoms with E-state index in [9.17, 15) is 26.3 Å². The van der Waals surface area contributed by atoms with Gasteiger partial charge in [0.25, 0.3) is 0 Å². The molecule has 39 heavy (non-hydrogen) atoms. The highest BCUT2D eigenvalue weighted by Gasteiger charge is 2.58. The van der Waals surface area contributed by atoms with Gasteiger partial charge < -0.3 is 15.0 Å². The lowest BCUT2D eigenvalue weighted by atomic mass is 9.72. The van der Waals surface area contributed by atoms with Crippen LogP contribution < -0.4 is 0 Å². The van der Waals surface area contributed by atoms with E-state index in [4.69, 9.17) is 0 Å². The van der Waals surface area contributed by atoms with E-state index in [0.717, 1.165) is 0 Å². The van der Waals surface area contributed by atoms with Crippen LogP contribution in [0.3, 0.4) is 0 Å². The number of H-pyrrole nitrogens is 3. The van der Waals surface area contributed by atoms with Crippen LogP contribution in [0.4, 0.5) is 43.9 Å². The van der Waals surface area contributed by atoms with E-state index in [0.29, 0.717) is 0 Å². The van der Waals surface area contributed by atoms with E-state index in [1.54, 1.807) is 0 Å². The first-order chi connectivity index (χ1) is 18.5. The Morgan fingerprint density at radius 3 is 1.00 bits per heavy atom. The van der Waals surface area contributed by atoms with Crippen molar-refractivity contribution in [2.24, 2.45) is 11.8 Å². The molecule has 3 aromatic heterocycles. The Kier molecular flexibility index (Phi) is 7.53. The smallest absolute Gasteiger partial charge is 0.168 e. The fraction of sp³-hybridized carbons (Fsp3) is 0.538. The van der Waals surface area contributed by atoms with Crippen LogP contribution in [-0.2, 0) is 0 Å². The fourth-order valence-corrected chi connectivity index (χ4v) is 6.02. The molecular weight excluding hydrogens is 544 g/mol. The zero-order valence-corrected chi connectivity index (χ0v) is 20.0. The van der Waals surface area contributed by atoms with Gasteiger partial charge in [-0.2, -0.15) is 0 Å². The van der Waals surface area contributed by atoms with Crippen LogP contribution in [0.25, 0.3) is 0 Å². The summed E-state index contributed by atoms with van der Waals surface area (Å²) in [7, 11) is 0. The topological polar surface area (TPSA) is 47.4 Å². The number of hydrogen-bond acceptors (Lipinski definition) is 0. The van der Waals surface area contributed by atoms with E-state index < -0.39 is 85.4 Å². The summed E-state index contributed by atoms with van der Waals surface area (Å²) >= 11 is 0. The van der Waals surface area contributed by atoms with Crippen LogP contribution in [0.2, 0.25) is 0 Å².